The van der Waals surface area contributed by atoms with Crippen LogP contribution in [0.4, 0.5) is 0 Å². The third kappa shape index (κ3) is 4.06. The van der Waals surface area contributed by atoms with E-state index in [0.717, 1.165) is 61.5 Å². The highest BCUT2D eigenvalue weighted by Gasteiger charge is 2.26. The smallest absolute Gasteiger partial charge is 0.253 e. The average Bonchev–Trinajstić information content (AvgIpc) is 3.49. The Bertz CT molecular complexity index is 813. The Morgan fingerprint density at radius 3 is 2.65 bits per heavy atom. The molecule has 4 rings (SSSR count). The molecule has 0 aromatic heterocycles. The molecule has 2 fully saturated rings. The van der Waals surface area contributed by atoms with Crippen LogP contribution in [-0.2, 0) is 4.79 Å². The summed E-state index contributed by atoms with van der Waals surface area (Å²) in [5, 5.41) is 5.31. The number of hydrogen-bond donors (Lipinski definition) is 1. The molecule has 26 heavy (non-hydrogen) atoms. The summed E-state index contributed by atoms with van der Waals surface area (Å²) in [6, 6.07) is 14.5. The summed E-state index contributed by atoms with van der Waals surface area (Å²) in [7, 11) is 0. The zero-order valence-electron chi connectivity index (χ0n) is 15.1. The fourth-order valence-corrected chi connectivity index (χ4v) is 3.85. The van der Waals surface area contributed by atoms with Crippen LogP contribution in [0, 0.1) is 5.92 Å². The number of nitrogens with zero attached hydrogens (tertiary/aromatic N) is 1. The topological polar surface area (TPSA) is 49.4 Å². The van der Waals surface area contributed by atoms with Crippen LogP contribution in [-0.4, -0.2) is 35.8 Å². The minimum atomic E-state index is 0.114. The quantitative estimate of drug-likeness (QED) is 0.893. The van der Waals surface area contributed by atoms with E-state index in [4.69, 9.17) is 0 Å². The van der Waals surface area contributed by atoms with Gasteiger partial charge in [0.05, 0.1) is 0 Å². The van der Waals surface area contributed by atoms with Crippen LogP contribution in [0.2, 0.25) is 0 Å². The van der Waals surface area contributed by atoms with Gasteiger partial charge in [0.2, 0.25) is 5.91 Å². The Kier molecular flexibility index (Phi) is 4.91. The van der Waals surface area contributed by atoms with Crippen molar-refractivity contribution in [2.24, 2.45) is 5.92 Å². The van der Waals surface area contributed by atoms with Gasteiger partial charge in [0.15, 0.2) is 0 Å². The number of rotatable bonds is 5. The third-order valence-corrected chi connectivity index (χ3v) is 5.52. The van der Waals surface area contributed by atoms with Crippen molar-refractivity contribution in [3.8, 4) is 0 Å². The standard InChI is InChI=1S/C22H26N2O2/c25-21(23-20-10-11-20)12-7-16-4-3-13-24(15-16)22(26)19-9-8-17-5-1-2-6-18(17)14-19/h1-2,5-6,8-9,14,16,20H,3-4,7,10-13,15H2,(H,23,25). The lowest BCUT2D eigenvalue weighted by Gasteiger charge is -2.33. The Labute approximate surface area is 154 Å². The second kappa shape index (κ2) is 7.48. The number of carbonyl (C=O) groups is 2. The molecule has 2 amide bonds. The van der Waals surface area contributed by atoms with E-state index < -0.39 is 0 Å². The first kappa shape index (κ1) is 17.1. The lowest BCUT2D eigenvalue weighted by molar-refractivity contribution is -0.121. The Morgan fingerprint density at radius 1 is 1.04 bits per heavy atom. The molecular weight excluding hydrogens is 324 g/mol. The normalized spacial score (nSPS) is 20.2. The van der Waals surface area contributed by atoms with Gasteiger partial charge in [-0.05, 0) is 60.9 Å². The zero-order valence-corrected chi connectivity index (χ0v) is 15.1. The molecular formula is C22H26N2O2. The summed E-state index contributed by atoms with van der Waals surface area (Å²) < 4.78 is 0. The minimum Gasteiger partial charge on any atom is -0.353 e. The fourth-order valence-electron chi connectivity index (χ4n) is 3.85. The average molecular weight is 350 g/mol. The van der Waals surface area contributed by atoms with Crippen molar-refractivity contribution < 1.29 is 9.59 Å². The highest BCUT2D eigenvalue weighted by molar-refractivity contribution is 5.98. The van der Waals surface area contributed by atoms with Crippen LogP contribution < -0.4 is 5.32 Å². The molecule has 4 nitrogen and oxygen atoms in total. The van der Waals surface area contributed by atoms with Crippen LogP contribution >= 0.6 is 0 Å². The van der Waals surface area contributed by atoms with Crippen molar-refractivity contribution in [3.63, 3.8) is 0 Å². The van der Waals surface area contributed by atoms with Crippen molar-refractivity contribution in [1.29, 1.82) is 0 Å². The maximum absolute atomic E-state index is 12.9. The molecule has 136 valence electrons. The van der Waals surface area contributed by atoms with Gasteiger partial charge >= 0.3 is 0 Å². The molecule has 1 aliphatic heterocycles. The van der Waals surface area contributed by atoms with E-state index in [2.05, 4.69) is 11.4 Å². The lowest BCUT2D eigenvalue weighted by atomic mass is 9.92. The Hall–Kier alpha value is -2.36. The van der Waals surface area contributed by atoms with E-state index in [1.807, 2.05) is 41.3 Å². The summed E-state index contributed by atoms with van der Waals surface area (Å²) in [5.74, 6) is 0.714. The van der Waals surface area contributed by atoms with Gasteiger partial charge in [-0.25, -0.2) is 0 Å². The summed E-state index contributed by atoms with van der Waals surface area (Å²) >= 11 is 0. The molecule has 4 heteroatoms. The molecule has 1 saturated heterocycles. The van der Waals surface area contributed by atoms with Crippen molar-refractivity contribution >= 4 is 22.6 Å². The maximum atomic E-state index is 12.9. The number of hydrogen-bond acceptors (Lipinski definition) is 2. The van der Waals surface area contributed by atoms with Crippen molar-refractivity contribution in [2.45, 2.75) is 44.6 Å². The molecule has 1 aliphatic carbocycles. The number of amides is 2. The summed E-state index contributed by atoms with van der Waals surface area (Å²) in [4.78, 5) is 26.8. The number of likely N-dealkylation sites (tertiary alicyclic amines) is 1. The van der Waals surface area contributed by atoms with E-state index in [1.165, 1.54) is 0 Å². The highest BCUT2D eigenvalue weighted by atomic mass is 16.2. The van der Waals surface area contributed by atoms with Crippen molar-refractivity contribution in [3.05, 3.63) is 48.0 Å². The van der Waals surface area contributed by atoms with E-state index in [0.29, 0.717) is 18.4 Å². The second-order valence-electron chi connectivity index (χ2n) is 7.70. The molecule has 1 heterocycles. The first-order chi connectivity index (χ1) is 12.7. The summed E-state index contributed by atoms with van der Waals surface area (Å²) in [6.45, 7) is 1.58. The molecule has 0 spiro atoms. The van der Waals surface area contributed by atoms with E-state index >= 15 is 0 Å². The zero-order chi connectivity index (χ0) is 17.9. The monoisotopic (exact) mass is 350 g/mol. The minimum absolute atomic E-state index is 0.114. The lowest BCUT2D eigenvalue weighted by Crippen LogP contribution is -2.40. The summed E-state index contributed by atoms with van der Waals surface area (Å²) in [5.41, 5.74) is 0.760. The maximum Gasteiger partial charge on any atom is 0.253 e. The van der Waals surface area contributed by atoms with Crippen LogP contribution in [0.3, 0.4) is 0 Å². The van der Waals surface area contributed by atoms with E-state index in [1.54, 1.807) is 0 Å². The summed E-state index contributed by atoms with van der Waals surface area (Å²) in [6.07, 6.45) is 5.85. The highest BCUT2D eigenvalue weighted by Crippen LogP contribution is 2.24. The van der Waals surface area contributed by atoms with Crippen LogP contribution in [0.25, 0.3) is 10.8 Å². The molecule has 1 atom stereocenters. The number of benzene rings is 2. The van der Waals surface area contributed by atoms with Crippen LogP contribution in [0.1, 0.15) is 48.9 Å². The number of fused-ring (bicyclic) bond motifs is 1. The molecule has 0 bridgehead atoms. The SMILES string of the molecule is O=C(CCC1CCCN(C(=O)c2ccc3ccccc3c2)C1)NC1CC1. The molecule has 1 saturated carbocycles. The van der Waals surface area contributed by atoms with Crippen LogP contribution in [0.15, 0.2) is 42.5 Å². The predicted molar refractivity (Wildman–Crippen MR) is 103 cm³/mol. The second-order valence-corrected chi connectivity index (χ2v) is 7.70. The first-order valence-electron chi connectivity index (χ1n) is 9.76. The first-order valence-corrected chi connectivity index (χ1v) is 9.76. The predicted octanol–water partition coefficient (Wildman–Crippen LogP) is 3.75. The van der Waals surface area contributed by atoms with Crippen LogP contribution in [0.5, 0.6) is 0 Å². The van der Waals surface area contributed by atoms with Gasteiger partial charge in [-0.1, -0.05) is 30.3 Å². The molecule has 1 N–H and O–H groups in total. The molecule has 1 unspecified atom stereocenters. The molecule has 0 radical (unpaired) electrons. The van der Waals surface area contributed by atoms with Gasteiger partial charge < -0.3 is 10.2 Å². The number of nitrogens with one attached hydrogen (secondary N) is 1. The van der Waals surface area contributed by atoms with Gasteiger partial charge in [0.25, 0.3) is 5.91 Å². The number of carbonyl (C=O) groups excluding carboxylic acids is 2. The van der Waals surface area contributed by atoms with Crippen molar-refractivity contribution in [2.75, 3.05) is 13.1 Å². The largest absolute Gasteiger partial charge is 0.353 e. The van der Waals surface area contributed by atoms with Gasteiger partial charge in [0, 0.05) is 31.1 Å². The molecule has 2 aliphatic rings. The third-order valence-electron chi connectivity index (χ3n) is 5.52. The fraction of sp³-hybridized carbons (Fsp3) is 0.455. The van der Waals surface area contributed by atoms with E-state index in [9.17, 15) is 9.59 Å². The van der Waals surface area contributed by atoms with Gasteiger partial charge in [-0.15, -0.1) is 0 Å². The van der Waals surface area contributed by atoms with Crippen molar-refractivity contribution in [1.82, 2.24) is 10.2 Å². The Balaban J connectivity index is 1.36. The van der Waals surface area contributed by atoms with E-state index in [-0.39, 0.29) is 11.8 Å². The number of piperidine rings is 1. The molecule has 2 aromatic carbocycles. The van der Waals surface area contributed by atoms with Gasteiger partial charge in [-0.3, -0.25) is 9.59 Å². The van der Waals surface area contributed by atoms with Gasteiger partial charge in [-0.2, -0.15) is 0 Å². The Morgan fingerprint density at radius 2 is 1.85 bits per heavy atom. The molecule has 2 aromatic rings. The van der Waals surface area contributed by atoms with Gasteiger partial charge in [0.1, 0.15) is 0 Å².